The van der Waals surface area contributed by atoms with Crippen LogP contribution in [0.3, 0.4) is 0 Å². The van der Waals surface area contributed by atoms with Crippen LogP contribution >= 0.6 is 0 Å². The van der Waals surface area contributed by atoms with Gasteiger partial charge in [-0.2, -0.15) is 0 Å². The van der Waals surface area contributed by atoms with Gasteiger partial charge in [0.15, 0.2) is 0 Å². The van der Waals surface area contributed by atoms with Crippen LogP contribution in [-0.2, 0) is 6.54 Å². The number of nitrogens with zero attached hydrogens (tertiary/aromatic N) is 2. The zero-order chi connectivity index (χ0) is 10.2. The van der Waals surface area contributed by atoms with E-state index in [1.54, 1.807) is 0 Å². The Labute approximate surface area is 85.5 Å². The maximum atomic E-state index is 4.38. The number of hydrogen-bond acceptors (Lipinski definition) is 2. The normalized spacial score (nSPS) is 17.4. The van der Waals surface area contributed by atoms with Crippen molar-refractivity contribution in [2.45, 2.75) is 51.7 Å². The molecule has 2 rings (SSSR count). The predicted octanol–water partition coefficient (Wildman–Crippen LogP) is 2.11. The topological polar surface area (TPSA) is 29.9 Å². The lowest BCUT2D eigenvalue weighted by atomic mass is 10.1. The fourth-order valence-electron chi connectivity index (χ4n) is 1.51. The summed E-state index contributed by atoms with van der Waals surface area (Å²) in [7, 11) is 0. The van der Waals surface area contributed by atoms with Gasteiger partial charge in [0.25, 0.3) is 0 Å². The minimum Gasteiger partial charge on any atom is -0.331 e. The van der Waals surface area contributed by atoms with Gasteiger partial charge in [-0.3, -0.25) is 0 Å². The van der Waals surface area contributed by atoms with Crippen molar-refractivity contribution >= 4 is 0 Å². The Morgan fingerprint density at radius 3 is 2.79 bits per heavy atom. The molecule has 1 aliphatic carbocycles. The Morgan fingerprint density at radius 2 is 2.21 bits per heavy atom. The average molecular weight is 193 g/mol. The molecule has 0 unspecified atom stereocenters. The summed E-state index contributed by atoms with van der Waals surface area (Å²) in [6.07, 6.45) is 6.63. The van der Waals surface area contributed by atoms with E-state index in [0.29, 0.717) is 0 Å². The van der Waals surface area contributed by atoms with Crippen LogP contribution in [0.25, 0.3) is 0 Å². The van der Waals surface area contributed by atoms with Crippen LogP contribution in [0.2, 0.25) is 0 Å². The Hall–Kier alpha value is -0.830. The van der Waals surface area contributed by atoms with Crippen molar-refractivity contribution in [3.8, 4) is 0 Å². The van der Waals surface area contributed by atoms with Crippen LogP contribution in [0, 0.1) is 0 Å². The molecule has 0 saturated heterocycles. The molecule has 14 heavy (non-hydrogen) atoms. The first-order valence-corrected chi connectivity index (χ1v) is 5.33. The number of imidazole rings is 1. The highest BCUT2D eigenvalue weighted by Gasteiger charge is 2.25. The second kappa shape index (κ2) is 3.39. The van der Waals surface area contributed by atoms with Gasteiger partial charge in [-0.15, -0.1) is 0 Å². The lowest BCUT2D eigenvalue weighted by molar-refractivity contribution is 0.412. The second-order valence-corrected chi connectivity index (χ2v) is 5.09. The van der Waals surface area contributed by atoms with E-state index in [2.05, 4.69) is 41.8 Å². The van der Waals surface area contributed by atoms with Crippen LogP contribution in [0.15, 0.2) is 12.4 Å². The molecule has 0 bridgehead atoms. The standard InChI is InChI=1S/C11H19N3/c1-11(2,3)13-8-10-12-6-7-14(10)9-4-5-9/h6-7,9,13H,4-5,8H2,1-3H3. The van der Waals surface area contributed by atoms with E-state index in [-0.39, 0.29) is 5.54 Å². The molecule has 1 aromatic heterocycles. The summed E-state index contributed by atoms with van der Waals surface area (Å²) in [6.45, 7) is 7.40. The van der Waals surface area contributed by atoms with Gasteiger partial charge < -0.3 is 9.88 Å². The molecule has 0 atom stereocenters. The number of rotatable bonds is 3. The van der Waals surface area contributed by atoms with Crippen molar-refractivity contribution in [1.29, 1.82) is 0 Å². The third kappa shape index (κ3) is 2.35. The quantitative estimate of drug-likeness (QED) is 0.796. The Balaban J connectivity index is 1.98. The highest BCUT2D eigenvalue weighted by atomic mass is 15.1. The molecule has 1 heterocycles. The molecule has 1 fully saturated rings. The van der Waals surface area contributed by atoms with Gasteiger partial charge in [-0.25, -0.2) is 4.98 Å². The molecule has 0 aliphatic heterocycles. The number of aromatic nitrogens is 2. The SMILES string of the molecule is CC(C)(C)NCc1nccn1C1CC1. The number of nitrogens with one attached hydrogen (secondary N) is 1. The van der Waals surface area contributed by atoms with E-state index in [0.717, 1.165) is 12.6 Å². The molecule has 1 N–H and O–H groups in total. The van der Waals surface area contributed by atoms with Crippen LogP contribution in [0.1, 0.15) is 45.5 Å². The summed E-state index contributed by atoms with van der Waals surface area (Å²) < 4.78 is 2.30. The zero-order valence-electron chi connectivity index (χ0n) is 9.25. The molecule has 3 nitrogen and oxygen atoms in total. The summed E-state index contributed by atoms with van der Waals surface area (Å²) in [5.41, 5.74) is 0.167. The maximum Gasteiger partial charge on any atom is 0.122 e. The van der Waals surface area contributed by atoms with Gasteiger partial charge >= 0.3 is 0 Å². The van der Waals surface area contributed by atoms with Crippen molar-refractivity contribution in [3.05, 3.63) is 18.2 Å². The largest absolute Gasteiger partial charge is 0.331 e. The third-order valence-electron chi connectivity index (χ3n) is 2.47. The molecular formula is C11H19N3. The number of hydrogen-bond donors (Lipinski definition) is 1. The van der Waals surface area contributed by atoms with Gasteiger partial charge in [0.2, 0.25) is 0 Å². The van der Waals surface area contributed by atoms with Crippen LogP contribution in [0.5, 0.6) is 0 Å². The van der Waals surface area contributed by atoms with Gasteiger partial charge in [0, 0.05) is 24.0 Å². The summed E-state index contributed by atoms with van der Waals surface area (Å²) in [6, 6.07) is 0.731. The van der Waals surface area contributed by atoms with Crippen LogP contribution in [-0.4, -0.2) is 15.1 Å². The minimum atomic E-state index is 0.167. The van der Waals surface area contributed by atoms with Gasteiger partial charge in [0.05, 0.1) is 6.54 Å². The Kier molecular flexibility index (Phi) is 2.35. The van der Waals surface area contributed by atoms with Crippen molar-refractivity contribution in [1.82, 2.24) is 14.9 Å². The smallest absolute Gasteiger partial charge is 0.122 e. The van der Waals surface area contributed by atoms with Crippen molar-refractivity contribution < 1.29 is 0 Å². The van der Waals surface area contributed by atoms with Gasteiger partial charge in [-0.05, 0) is 33.6 Å². The Morgan fingerprint density at radius 1 is 1.50 bits per heavy atom. The lowest BCUT2D eigenvalue weighted by Crippen LogP contribution is -2.35. The van der Waals surface area contributed by atoms with E-state index in [4.69, 9.17) is 0 Å². The molecule has 0 radical (unpaired) electrons. The van der Waals surface area contributed by atoms with Crippen LogP contribution < -0.4 is 5.32 Å². The molecule has 0 aromatic carbocycles. The summed E-state index contributed by atoms with van der Waals surface area (Å²) >= 11 is 0. The van der Waals surface area contributed by atoms with E-state index in [1.165, 1.54) is 18.7 Å². The first kappa shape index (κ1) is 9.71. The van der Waals surface area contributed by atoms with E-state index in [1.807, 2.05) is 6.20 Å². The third-order valence-corrected chi connectivity index (χ3v) is 2.47. The monoisotopic (exact) mass is 193 g/mol. The molecule has 1 aromatic rings. The highest BCUT2D eigenvalue weighted by molar-refractivity contribution is 4.99. The summed E-state index contributed by atoms with van der Waals surface area (Å²) in [5.74, 6) is 1.17. The predicted molar refractivity (Wildman–Crippen MR) is 57.1 cm³/mol. The van der Waals surface area contributed by atoms with Crippen LogP contribution in [0.4, 0.5) is 0 Å². The fraction of sp³-hybridized carbons (Fsp3) is 0.727. The molecule has 1 saturated carbocycles. The molecular weight excluding hydrogens is 174 g/mol. The van der Waals surface area contributed by atoms with E-state index in [9.17, 15) is 0 Å². The van der Waals surface area contributed by atoms with Crippen molar-refractivity contribution in [3.63, 3.8) is 0 Å². The van der Waals surface area contributed by atoms with E-state index < -0.39 is 0 Å². The first-order chi connectivity index (χ1) is 6.56. The maximum absolute atomic E-state index is 4.38. The first-order valence-electron chi connectivity index (χ1n) is 5.33. The lowest BCUT2D eigenvalue weighted by Gasteiger charge is -2.20. The highest BCUT2D eigenvalue weighted by Crippen LogP contribution is 2.35. The molecule has 78 valence electrons. The van der Waals surface area contributed by atoms with Crippen molar-refractivity contribution in [2.24, 2.45) is 0 Å². The second-order valence-electron chi connectivity index (χ2n) is 5.09. The van der Waals surface area contributed by atoms with Gasteiger partial charge in [0.1, 0.15) is 5.82 Å². The molecule has 0 spiro atoms. The minimum absolute atomic E-state index is 0.167. The van der Waals surface area contributed by atoms with Crippen molar-refractivity contribution in [2.75, 3.05) is 0 Å². The molecule has 0 amide bonds. The molecule has 1 aliphatic rings. The molecule has 3 heteroatoms. The Bertz CT molecular complexity index is 305. The van der Waals surface area contributed by atoms with E-state index >= 15 is 0 Å². The summed E-state index contributed by atoms with van der Waals surface area (Å²) in [4.78, 5) is 4.38. The zero-order valence-corrected chi connectivity index (χ0v) is 9.25. The fourth-order valence-corrected chi connectivity index (χ4v) is 1.51. The van der Waals surface area contributed by atoms with Gasteiger partial charge in [-0.1, -0.05) is 0 Å². The average Bonchev–Trinajstić information content (AvgIpc) is 2.81. The summed E-state index contributed by atoms with van der Waals surface area (Å²) in [5, 5.41) is 3.46.